The highest BCUT2D eigenvalue weighted by atomic mass is 15.3. The van der Waals surface area contributed by atoms with Crippen molar-refractivity contribution >= 4 is 0 Å². The van der Waals surface area contributed by atoms with Crippen molar-refractivity contribution in [3.05, 3.63) is 0 Å². The molecule has 1 rings (SSSR count). The highest BCUT2D eigenvalue weighted by molar-refractivity contribution is 4.87. The van der Waals surface area contributed by atoms with Gasteiger partial charge in [0.25, 0.3) is 0 Å². The SMILES string of the molecule is CNCCC1CN(C(C)(C)C)CCC(C)N1C. The Labute approximate surface area is 108 Å². The molecule has 1 aliphatic rings. The first-order valence-electron chi connectivity index (χ1n) is 6.98. The zero-order chi connectivity index (χ0) is 13.1. The topological polar surface area (TPSA) is 18.5 Å². The Kier molecular flexibility index (Phi) is 5.42. The third-order valence-corrected chi connectivity index (χ3v) is 4.20. The average Bonchev–Trinajstić information content (AvgIpc) is 2.37. The Morgan fingerprint density at radius 2 is 1.94 bits per heavy atom. The largest absolute Gasteiger partial charge is 0.320 e. The van der Waals surface area contributed by atoms with Crippen molar-refractivity contribution in [2.75, 3.05) is 33.7 Å². The molecule has 2 unspecified atom stereocenters. The maximum atomic E-state index is 3.28. The highest BCUT2D eigenvalue weighted by Crippen LogP contribution is 2.22. The summed E-state index contributed by atoms with van der Waals surface area (Å²) in [5, 5.41) is 3.28. The molecule has 0 aliphatic carbocycles. The number of rotatable bonds is 3. The van der Waals surface area contributed by atoms with Crippen molar-refractivity contribution in [2.24, 2.45) is 0 Å². The summed E-state index contributed by atoms with van der Waals surface area (Å²) in [6.07, 6.45) is 2.52. The van der Waals surface area contributed by atoms with Gasteiger partial charge < -0.3 is 5.32 Å². The van der Waals surface area contributed by atoms with Crippen molar-refractivity contribution in [1.82, 2.24) is 15.1 Å². The molecule has 0 bridgehead atoms. The van der Waals surface area contributed by atoms with E-state index in [0.717, 1.165) is 6.54 Å². The maximum Gasteiger partial charge on any atom is 0.0235 e. The van der Waals surface area contributed by atoms with Gasteiger partial charge in [-0.15, -0.1) is 0 Å². The van der Waals surface area contributed by atoms with E-state index in [9.17, 15) is 0 Å². The van der Waals surface area contributed by atoms with E-state index in [4.69, 9.17) is 0 Å². The monoisotopic (exact) mass is 241 g/mol. The lowest BCUT2D eigenvalue weighted by atomic mass is 10.0. The van der Waals surface area contributed by atoms with Crippen LogP contribution in [0, 0.1) is 0 Å². The minimum absolute atomic E-state index is 0.294. The van der Waals surface area contributed by atoms with Crippen LogP contribution in [0.3, 0.4) is 0 Å². The molecule has 0 radical (unpaired) electrons. The van der Waals surface area contributed by atoms with Crippen LogP contribution in [0.5, 0.6) is 0 Å². The molecule has 0 aromatic heterocycles. The van der Waals surface area contributed by atoms with Crippen LogP contribution < -0.4 is 5.32 Å². The number of nitrogens with zero attached hydrogens (tertiary/aromatic N) is 2. The van der Waals surface area contributed by atoms with E-state index in [2.05, 4.69) is 49.9 Å². The summed E-state index contributed by atoms with van der Waals surface area (Å²) in [7, 11) is 4.33. The first kappa shape index (κ1) is 14.9. The fourth-order valence-corrected chi connectivity index (χ4v) is 2.60. The van der Waals surface area contributed by atoms with Crippen LogP contribution in [0.1, 0.15) is 40.5 Å². The van der Waals surface area contributed by atoms with E-state index in [1.54, 1.807) is 0 Å². The molecule has 3 heteroatoms. The predicted molar refractivity (Wildman–Crippen MR) is 75.5 cm³/mol. The Morgan fingerprint density at radius 1 is 1.29 bits per heavy atom. The third kappa shape index (κ3) is 4.23. The quantitative estimate of drug-likeness (QED) is 0.813. The molecular weight excluding hydrogens is 210 g/mol. The van der Waals surface area contributed by atoms with E-state index < -0.39 is 0 Å². The summed E-state index contributed by atoms with van der Waals surface area (Å²) in [4.78, 5) is 5.22. The Balaban J connectivity index is 2.70. The van der Waals surface area contributed by atoms with Gasteiger partial charge in [0.1, 0.15) is 0 Å². The lowest BCUT2D eigenvalue weighted by molar-refractivity contribution is 0.111. The molecule has 1 N–H and O–H groups in total. The molecule has 1 saturated heterocycles. The molecule has 1 fully saturated rings. The fourth-order valence-electron chi connectivity index (χ4n) is 2.60. The lowest BCUT2D eigenvalue weighted by Gasteiger charge is -2.37. The van der Waals surface area contributed by atoms with Crippen molar-refractivity contribution in [3.8, 4) is 0 Å². The minimum atomic E-state index is 0.294. The smallest absolute Gasteiger partial charge is 0.0235 e. The summed E-state index contributed by atoms with van der Waals surface area (Å²) in [5.41, 5.74) is 0.294. The predicted octanol–water partition coefficient (Wildman–Crippen LogP) is 1.79. The summed E-state index contributed by atoms with van der Waals surface area (Å²) in [6.45, 7) is 12.9. The maximum absolute atomic E-state index is 3.28. The molecular formula is C14H31N3. The van der Waals surface area contributed by atoms with Crippen LogP contribution in [0.2, 0.25) is 0 Å². The highest BCUT2D eigenvalue weighted by Gasteiger charge is 2.31. The van der Waals surface area contributed by atoms with Gasteiger partial charge in [0.05, 0.1) is 0 Å². The second-order valence-corrected chi connectivity index (χ2v) is 6.47. The molecule has 2 atom stereocenters. The zero-order valence-electron chi connectivity index (χ0n) is 12.6. The molecule has 1 heterocycles. The van der Waals surface area contributed by atoms with Crippen molar-refractivity contribution in [3.63, 3.8) is 0 Å². The van der Waals surface area contributed by atoms with E-state index in [0.29, 0.717) is 17.6 Å². The van der Waals surface area contributed by atoms with Gasteiger partial charge in [-0.2, -0.15) is 0 Å². The van der Waals surface area contributed by atoms with E-state index in [1.165, 1.54) is 25.9 Å². The summed E-state index contributed by atoms with van der Waals surface area (Å²) in [5.74, 6) is 0. The molecule has 102 valence electrons. The first-order chi connectivity index (χ1) is 7.86. The molecule has 0 aromatic rings. The molecule has 0 aromatic carbocycles. The molecule has 3 nitrogen and oxygen atoms in total. The van der Waals surface area contributed by atoms with Gasteiger partial charge in [-0.1, -0.05) is 0 Å². The van der Waals surface area contributed by atoms with Gasteiger partial charge in [0.2, 0.25) is 0 Å². The van der Waals surface area contributed by atoms with Crippen molar-refractivity contribution in [2.45, 2.75) is 58.2 Å². The lowest BCUT2D eigenvalue weighted by Crippen LogP contribution is -2.48. The van der Waals surface area contributed by atoms with Crippen LogP contribution in [0.25, 0.3) is 0 Å². The summed E-state index contributed by atoms with van der Waals surface area (Å²) in [6, 6.07) is 1.38. The molecule has 0 spiro atoms. The van der Waals surface area contributed by atoms with E-state index in [1.807, 2.05) is 7.05 Å². The standard InChI is InChI=1S/C14H31N3/c1-12-8-10-17(14(2,3)4)11-13(16(12)6)7-9-15-5/h12-13,15H,7-11H2,1-6H3. The van der Waals surface area contributed by atoms with Gasteiger partial charge in [0.15, 0.2) is 0 Å². The van der Waals surface area contributed by atoms with Crippen LogP contribution in [-0.2, 0) is 0 Å². The number of nitrogens with one attached hydrogen (secondary N) is 1. The van der Waals surface area contributed by atoms with Crippen LogP contribution in [-0.4, -0.2) is 61.2 Å². The first-order valence-corrected chi connectivity index (χ1v) is 6.98. The fraction of sp³-hybridized carbons (Fsp3) is 1.00. The third-order valence-electron chi connectivity index (χ3n) is 4.20. The second kappa shape index (κ2) is 6.17. The average molecular weight is 241 g/mol. The molecule has 0 amide bonds. The van der Waals surface area contributed by atoms with Crippen LogP contribution in [0.15, 0.2) is 0 Å². The minimum Gasteiger partial charge on any atom is -0.320 e. The molecule has 1 aliphatic heterocycles. The Bertz CT molecular complexity index is 222. The molecule has 17 heavy (non-hydrogen) atoms. The second-order valence-electron chi connectivity index (χ2n) is 6.47. The molecule has 0 saturated carbocycles. The van der Waals surface area contributed by atoms with Crippen molar-refractivity contribution in [1.29, 1.82) is 0 Å². The Morgan fingerprint density at radius 3 is 2.47 bits per heavy atom. The van der Waals surface area contributed by atoms with Gasteiger partial charge in [0, 0.05) is 30.7 Å². The zero-order valence-corrected chi connectivity index (χ0v) is 12.6. The van der Waals surface area contributed by atoms with Crippen LogP contribution >= 0.6 is 0 Å². The number of hydrogen-bond acceptors (Lipinski definition) is 3. The number of hydrogen-bond donors (Lipinski definition) is 1. The Hall–Kier alpha value is -0.120. The number of likely N-dealkylation sites (N-methyl/N-ethyl adjacent to an activating group) is 1. The summed E-state index contributed by atoms with van der Waals surface area (Å²) >= 11 is 0. The van der Waals surface area contributed by atoms with E-state index in [-0.39, 0.29) is 0 Å². The normalized spacial score (nSPS) is 29.3. The van der Waals surface area contributed by atoms with Gasteiger partial charge in [-0.25, -0.2) is 0 Å². The van der Waals surface area contributed by atoms with Gasteiger partial charge >= 0.3 is 0 Å². The van der Waals surface area contributed by atoms with Crippen molar-refractivity contribution < 1.29 is 0 Å². The van der Waals surface area contributed by atoms with Crippen LogP contribution in [0.4, 0.5) is 0 Å². The van der Waals surface area contributed by atoms with Gasteiger partial charge in [-0.3, -0.25) is 9.80 Å². The summed E-state index contributed by atoms with van der Waals surface area (Å²) < 4.78 is 0. The van der Waals surface area contributed by atoms with E-state index >= 15 is 0 Å². The van der Waals surface area contributed by atoms with Gasteiger partial charge in [-0.05, 0) is 61.2 Å².